The molecule has 2 aliphatic rings. The summed E-state index contributed by atoms with van der Waals surface area (Å²) in [6.45, 7) is 1.51. The predicted molar refractivity (Wildman–Crippen MR) is 104 cm³/mol. The van der Waals surface area contributed by atoms with Crippen LogP contribution in [-0.2, 0) is 4.79 Å². The first-order valence-electron chi connectivity index (χ1n) is 9.90. The van der Waals surface area contributed by atoms with Gasteiger partial charge in [-0.25, -0.2) is 9.78 Å². The fraction of sp³-hybridized carbons (Fsp3) is 0.650. The number of urea groups is 1. The quantitative estimate of drug-likeness (QED) is 0.859. The summed E-state index contributed by atoms with van der Waals surface area (Å²) >= 11 is 0. The summed E-state index contributed by atoms with van der Waals surface area (Å²) in [5.41, 5.74) is 0.633. The van der Waals surface area contributed by atoms with Gasteiger partial charge in [0.15, 0.2) is 0 Å². The number of nitrogens with zero attached hydrogens (tertiary/aromatic N) is 3. The number of pyridine rings is 1. The van der Waals surface area contributed by atoms with Gasteiger partial charge in [0.1, 0.15) is 6.10 Å². The van der Waals surface area contributed by atoms with Gasteiger partial charge in [0.25, 0.3) is 0 Å². The van der Waals surface area contributed by atoms with E-state index in [1.54, 1.807) is 32.4 Å². The molecule has 27 heavy (non-hydrogen) atoms. The molecule has 1 saturated carbocycles. The van der Waals surface area contributed by atoms with E-state index in [0.29, 0.717) is 29.8 Å². The van der Waals surface area contributed by atoms with Crippen molar-refractivity contribution in [1.82, 2.24) is 14.8 Å². The van der Waals surface area contributed by atoms with Crippen LogP contribution in [0.25, 0.3) is 0 Å². The minimum Gasteiger partial charge on any atom is -0.474 e. The average Bonchev–Trinajstić information content (AvgIpc) is 3.17. The van der Waals surface area contributed by atoms with Gasteiger partial charge in [-0.2, -0.15) is 0 Å². The molecule has 1 N–H and O–H groups in total. The highest BCUT2D eigenvalue weighted by Crippen LogP contribution is 2.28. The average molecular weight is 374 g/mol. The first kappa shape index (κ1) is 19.5. The van der Waals surface area contributed by atoms with Gasteiger partial charge in [0.05, 0.1) is 11.9 Å². The van der Waals surface area contributed by atoms with Crippen molar-refractivity contribution in [3.63, 3.8) is 0 Å². The van der Waals surface area contributed by atoms with Gasteiger partial charge in [-0.1, -0.05) is 12.8 Å². The highest BCUT2D eigenvalue weighted by molar-refractivity contribution is 5.88. The van der Waals surface area contributed by atoms with Crippen LogP contribution in [0, 0.1) is 5.92 Å². The molecule has 0 radical (unpaired) electrons. The summed E-state index contributed by atoms with van der Waals surface area (Å²) in [4.78, 5) is 31.8. The van der Waals surface area contributed by atoms with Crippen LogP contribution in [0.2, 0.25) is 0 Å². The zero-order valence-corrected chi connectivity index (χ0v) is 16.3. The van der Waals surface area contributed by atoms with Crippen LogP contribution in [0.4, 0.5) is 10.5 Å². The Morgan fingerprint density at radius 2 is 1.89 bits per heavy atom. The smallest absolute Gasteiger partial charge is 0.321 e. The van der Waals surface area contributed by atoms with Crippen molar-refractivity contribution < 1.29 is 14.3 Å². The fourth-order valence-electron chi connectivity index (χ4n) is 3.74. The molecule has 0 aromatic carbocycles. The Labute approximate surface area is 161 Å². The number of nitrogens with one attached hydrogen (secondary N) is 1. The number of carbonyl (C=O) groups excluding carboxylic acids is 2. The Hall–Kier alpha value is -2.31. The van der Waals surface area contributed by atoms with Crippen LogP contribution in [-0.4, -0.2) is 60.0 Å². The first-order chi connectivity index (χ1) is 13.0. The second-order valence-electron chi connectivity index (χ2n) is 7.76. The van der Waals surface area contributed by atoms with E-state index >= 15 is 0 Å². The minimum absolute atomic E-state index is 0.0789. The first-order valence-corrected chi connectivity index (χ1v) is 9.90. The molecule has 2 heterocycles. The Kier molecular flexibility index (Phi) is 6.53. The number of likely N-dealkylation sites (tertiary alicyclic amines) is 1. The molecule has 148 valence electrons. The molecule has 0 unspecified atom stereocenters. The standard InChI is InChI=1S/C20H30N4O3/c1-23(2)20(26)22-16-7-8-18(21-14-16)27-17-9-11-24(12-10-17)19(25)13-15-5-3-4-6-15/h7-8,14-15,17H,3-6,9-13H2,1-2H3,(H,22,26). The zero-order valence-electron chi connectivity index (χ0n) is 16.3. The molecule has 1 aliphatic carbocycles. The monoisotopic (exact) mass is 374 g/mol. The molecule has 7 heteroatoms. The molecule has 2 fully saturated rings. The predicted octanol–water partition coefficient (Wildman–Crippen LogP) is 3.13. The Bertz CT molecular complexity index is 633. The van der Waals surface area contributed by atoms with Gasteiger partial charge < -0.3 is 19.9 Å². The highest BCUT2D eigenvalue weighted by atomic mass is 16.5. The van der Waals surface area contributed by atoms with E-state index in [2.05, 4.69) is 10.3 Å². The van der Waals surface area contributed by atoms with E-state index < -0.39 is 0 Å². The van der Waals surface area contributed by atoms with Gasteiger partial charge >= 0.3 is 6.03 Å². The SMILES string of the molecule is CN(C)C(=O)Nc1ccc(OC2CCN(C(=O)CC3CCCC3)CC2)nc1. The molecule has 0 atom stereocenters. The number of anilines is 1. The third-order valence-corrected chi connectivity index (χ3v) is 5.41. The van der Waals surface area contributed by atoms with E-state index in [1.165, 1.54) is 30.6 Å². The number of rotatable bonds is 5. The van der Waals surface area contributed by atoms with Crippen LogP contribution >= 0.6 is 0 Å². The summed E-state index contributed by atoms with van der Waals surface area (Å²) < 4.78 is 5.95. The lowest BCUT2D eigenvalue weighted by Crippen LogP contribution is -2.42. The minimum atomic E-state index is -0.194. The van der Waals surface area contributed by atoms with Crippen molar-refractivity contribution in [3.8, 4) is 5.88 Å². The van der Waals surface area contributed by atoms with Crippen molar-refractivity contribution in [2.45, 2.75) is 51.0 Å². The summed E-state index contributed by atoms with van der Waals surface area (Å²) in [5, 5.41) is 2.74. The van der Waals surface area contributed by atoms with E-state index in [1.807, 2.05) is 4.90 Å². The van der Waals surface area contributed by atoms with Crippen LogP contribution in [0.1, 0.15) is 44.9 Å². The maximum Gasteiger partial charge on any atom is 0.321 e. The van der Waals surface area contributed by atoms with Crippen molar-refractivity contribution in [3.05, 3.63) is 18.3 Å². The molecule has 1 saturated heterocycles. The summed E-state index contributed by atoms with van der Waals surface area (Å²) in [5.74, 6) is 1.45. The third kappa shape index (κ3) is 5.58. The fourth-order valence-corrected chi connectivity index (χ4v) is 3.74. The molecular formula is C20H30N4O3. The summed E-state index contributed by atoms with van der Waals surface area (Å²) in [6, 6.07) is 3.35. The zero-order chi connectivity index (χ0) is 19.2. The van der Waals surface area contributed by atoms with Crippen molar-refractivity contribution in [1.29, 1.82) is 0 Å². The van der Waals surface area contributed by atoms with Crippen molar-refractivity contribution in [2.75, 3.05) is 32.5 Å². The van der Waals surface area contributed by atoms with E-state index in [9.17, 15) is 9.59 Å². The second kappa shape index (κ2) is 9.06. The van der Waals surface area contributed by atoms with Crippen LogP contribution < -0.4 is 10.1 Å². The lowest BCUT2D eigenvalue weighted by atomic mass is 10.0. The lowest BCUT2D eigenvalue weighted by molar-refractivity contribution is -0.134. The third-order valence-electron chi connectivity index (χ3n) is 5.41. The normalized spacial score (nSPS) is 18.4. The number of aromatic nitrogens is 1. The van der Waals surface area contributed by atoms with Gasteiger partial charge in [0.2, 0.25) is 11.8 Å². The van der Waals surface area contributed by atoms with Gasteiger partial charge in [0, 0.05) is 52.5 Å². The Balaban J connectivity index is 1.42. The molecule has 1 aliphatic heterocycles. The maximum absolute atomic E-state index is 12.4. The summed E-state index contributed by atoms with van der Waals surface area (Å²) in [6.07, 6.45) is 9.02. The van der Waals surface area contributed by atoms with Gasteiger partial charge in [-0.15, -0.1) is 0 Å². The molecule has 0 spiro atoms. The topological polar surface area (TPSA) is 74.8 Å². The number of ether oxygens (including phenoxy) is 1. The maximum atomic E-state index is 12.4. The van der Waals surface area contributed by atoms with E-state index in [-0.39, 0.29) is 12.1 Å². The van der Waals surface area contributed by atoms with E-state index in [0.717, 1.165) is 25.9 Å². The van der Waals surface area contributed by atoms with Crippen molar-refractivity contribution in [2.24, 2.45) is 5.92 Å². The molecule has 3 rings (SSSR count). The van der Waals surface area contributed by atoms with Crippen molar-refractivity contribution >= 4 is 17.6 Å². The number of amides is 3. The molecular weight excluding hydrogens is 344 g/mol. The lowest BCUT2D eigenvalue weighted by Gasteiger charge is -2.32. The summed E-state index contributed by atoms with van der Waals surface area (Å²) in [7, 11) is 3.37. The van der Waals surface area contributed by atoms with Crippen LogP contribution in [0.15, 0.2) is 18.3 Å². The number of hydrogen-bond acceptors (Lipinski definition) is 4. The van der Waals surface area contributed by atoms with Gasteiger partial charge in [-0.05, 0) is 24.8 Å². The molecule has 0 bridgehead atoms. The molecule has 1 aromatic heterocycles. The molecule has 1 aromatic rings. The Morgan fingerprint density at radius 1 is 1.19 bits per heavy atom. The number of carbonyl (C=O) groups is 2. The molecule has 3 amide bonds. The van der Waals surface area contributed by atoms with Crippen LogP contribution in [0.3, 0.4) is 0 Å². The molecule has 7 nitrogen and oxygen atoms in total. The Morgan fingerprint density at radius 3 is 2.48 bits per heavy atom. The van der Waals surface area contributed by atoms with Crippen LogP contribution in [0.5, 0.6) is 5.88 Å². The number of piperidine rings is 1. The second-order valence-corrected chi connectivity index (χ2v) is 7.76. The van der Waals surface area contributed by atoms with Gasteiger partial charge in [-0.3, -0.25) is 4.79 Å². The highest BCUT2D eigenvalue weighted by Gasteiger charge is 2.26. The largest absolute Gasteiger partial charge is 0.474 e. The van der Waals surface area contributed by atoms with E-state index in [4.69, 9.17) is 4.74 Å². The number of hydrogen-bond donors (Lipinski definition) is 1.